The number of sulfone groups is 1. The summed E-state index contributed by atoms with van der Waals surface area (Å²) < 4.78 is 65.4. The minimum atomic E-state index is -4.72. The van der Waals surface area contributed by atoms with Crippen molar-refractivity contribution in [3.05, 3.63) is 59.1 Å². The molecule has 0 bridgehead atoms. The van der Waals surface area contributed by atoms with Gasteiger partial charge >= 0.3 is 6.36 Å². The maximum absolute atomic E-state index is 12.5. The molecular formula is C21H22ClF3N2O4S. The Hall–Kier alpha value is -2.30. The average Bonchev–Trinajstić information content (AvgIpc) is 2.73. The molecule has 0 N–H and O–H groups in total. The van der Waals surface area contributed by atoms with Crippen molar-refractivity contribution in [1.82, 2.24) is 9.80 Å². The lowest BCUT2D eigenvalue weighted by Crippen LogP contribution is -2.48. The molecule has 0 spiro atoms. The summed E-state index contributed by atoms with van der Waals surface area (Å²) in [5.41, 5.74) is 0.827. The zero-order valence-corrected chi connectivity index (χ0v) is 18.6. The number of carbonyl (C=O) groups excluding carboxylic acids is 1. The molecule has 2 aromatic carbocycles. The number of hydrogen-bond acceptors (Lipinski definition) is 5. The average molecular weight is 491 g/mol. The monoisotopic (exact) mass is 490 g/mol. The Kier molecular flexibility index (Phi) is 7.68. The normalized spacial score (nSPS) is 15.6. The number of carbonyl (C=O) groups is 1. The van der Waals surface area contributed by atoms with Gasteiger partial charge in [0.05, 0.1) is 10.6 Å². The lowest BCUT2D eigenvalue weighted by molar-refractivity contribution is -0.274. The third-order valence-corrected chi connectivity index (χ3v) is 7.03. The van der Waals surface area contributed by atoms with Crippen molar-refractivity contribution < 1.29 is 31.1 Å². The molecule has 0 saturated carbocycles. The van der Waals surface area contributed by atoms with Gasteiger partial charge in [-0.2, -0.15) is 0 Å². The highest BCUT2D eigenvalue weighted by Gasteiger charge is 2.31. The Bertz CT molecular complexity index is 1020. The van der Waals surface area contributed by atoms with Crippen LogP contribution in [0.25, 0.3) is 0 Å². The zero-order valence-electron chi connectivity index (χ0n) is 17.0. The van der Waals surface area contributed by atoms with E-state index in [4.69, 9.17) is 11.6 Å². The predicted molar refractivity (Wildman–Crippen MR) is 113 cm³/mol. The van der Waals surface area contributed by atoms with E-state index in [-0.39, 0.29) is 28.7 Å². The van der Waals surface area contributed by atoms with E-state index in [1.54, 1.807) is 17.0 Å². The number of piperazine rings is 1. The van der Waals surface area contributed by atoms with E-state index in [0.29, 0.717) is 37.7 Å². The molecule has 32 heavy (non-hydrogen) atoms. The van der Waals surface area contributed by atoms with Crippen molar-refractivity contribution >= 4 is 27.3 Å². The number of halogens is 4. The second-order valence-corrected chi connectivity index (χ2v) is 9.92. The summed E-state index contributed by atoms with van der Waals surface area (Å²) in [4.78, 5) is 16.3. The van der Waals surface area contributed by atoms with Gasteiger partial charge in [-0.3, -0.25) is 9.69 Å². The highest BCUT2D eigenvalue weighted by molar-refractivity contribution is 7.91. The second kappa shape index (κ2) is 10.1. The second-order valence-electron chi connectivity index (χ2n) is 7.37. The molecule has 0 atom stereocenters. The first-order valence-electron chi connectivity index (χ1n) is 9.85. The molecule has 1 amide bonds. The summed E-state index contributed by atoms with van der Waals surface area (Å²) >= 11 is 5.78. The lowest BCUT2D eigenvalue weighted by atomic mass is 10.2. The summed E-state index contributed by atoms with van der Waals surface area (Å²) in [5.74, 6) is -0.777. The van der Waals surface area contributed by atoms with Crippen molar-refractivity contribution in [3.63, 3.8) is 0 Å². The van der Waals surface area contributed by atoms with E-state index in [1.165, 1.54) is 36.4 Å². The molecule has 3 rings (SSSR count). The van der Waals surface area contributed by atoms with Crippen LogP contribution in [0.3, 0.4) is 0 Å². The van der Waals surface area contributed by atoms with Crippen LogP contribution in [0.1, 0.15) is 12.0 Å². The fourth-order valence-electron chi connectivity index (χ4n) is 3.35. The Morgan fingerprint density at radius 3 is 2.12 bits per heavy atom. The van der Waals surface area contributed by atoms with Crippen LogP contribution in [0, 0.1) is 0 Å². The van der Waals surface area contributed by atoms with Gasteiger partial charge in [0.15, 0.2) is 9.84 Å². The van der Waals surface area contributed by atoms with E-state index in [0.717, 1.165) is 5.56 Å². The number of rotatable bonds is 7. The lowest BCUT2D eigenvalue weighted by Gasteiger charge is -2.34. The van der Waals surface area contributed by atoms with Crippen LogP contribution in [0.4, 0.5) is 13.2 Å². The third-order valence-electron chi connectivity index (χ3n) is 5.05. The van der Waals surface area contributed by atoms with Gasteiger partial charge in [-0.1, -0.05) is 23.7 Å². The molecule has 0 aliphatic carbocycles. The maximum Gasteiger partial charge on any atom is 0.573 e. The topological polar surface area (TPSA) is 66.9 Å². The first kappa shape index (κ1) is 24.3. The van der Waals surface area contributed by atoms with E-state index >= 15 is 0 Å². The van der Waals surface area contributed by atoms with Gasteiger partial charge in [0, 0.05) is 44.2 Å². The van der Waals surface area contributed by atoms with Gasteiger partial charge < -0.3 is 9.64 Å². The molecule has 0 unspecified atom stereocenters. The van der Waals surface area contributed by atoms with Gasteiger partial charge in [-0.25, -0.2) is 8.42 Å². The van der Waals surface area contributed by atoms with Crippen LogP contribution in [-0.2, 0) is 21.2 Å². The largest absolute Gasteiger partial charge is 0.573 e. The number of amides is 1. The smallest absolute Gasteiger partial charge is 0.406 e. The Morgan fingerprint density at radius 1 is 0.969 bits per heavy atom. The number of hydrogen-bond donors (Lipinski definition) is 0. The van der Waals surface area contributed by atoms with Crippen LogP contribution in [0.15, 0.2) is 53.4 Å². The Morgan fingerprint density at radius 2 is 1.56 bits per heavy atom. The van der Waals surface area contributed by atoms with Crippen molar-refractivity contribution in [3.8, 4) is 5.75 Å². The van der Waals surface area contributed by atoms with Crippen molar-refractivity contribution in [2.45, 2.75) is 24.2 Å². The van der Waals surface area contributed by atoms with Crippen LogP contribution in [-0.4, -0.2) is 62.4 Å². The SMILES string of the molecule is O=C(CCS(=O)(=O)c1ccc(Cl)cc1)N1CCN(Cc2ccc(OC(F)(F)F)cc2)CC1. The van der Waals surface area contributed by atoms with Crippen molar-refractivity contribution in [2.24, 2.45) is 0 Å². The van der Waals surface area contributed by atoms with Crippen LogP contribution in [0.5, 0.6) is 5.75 Å². The fourth-order valence-corrected chi connectivity index (χ4v) is 4.71. The fraction of sp³-hybridized carbons (Fsp3) is 0.381. The van der Waals surface area contributed by atoms with Gasteiger partial charge in [0.2, 0.25) is 5.91 Å². The summed E-state index contributed by atoms with van der Waals surface area (Å²) in [6.45, 7) is 2.59. The molecular weight excluding hydrogens is 469 g/mol. The zero-order chi connectivity index (χ0) is 23.4. The minimum absolute atomic E-state index is 0.106. The Labute approximate surface area is 189 Å². The van der Waals surface area contributed by atoms with Crippen LogP contribution in [0.2, 0.25) is 5.02 Å². The van der Waals surface area contributed by atoms with Gasteiger partial charge in [0.25, 0.3) is 0 Å². The van der Waals surface area contributed by atoms with E-state index in [2.05, 4.69) is 9.64 Å². The number of ether oxygens (including phenoxy) is 1. The summed E-state index contributed by atoms with van der Waals surface area (Å²) in [6.07, 6.45) is -4.83. The molecule has 1 saturated heterocycles. The van der Waals surface area contributed by atoms with Gasteiger partial charge in [-0.15, -0.1) is 13.2 Å². The van der Waals surface area contributed by atoms with Crippen LogP contribution < -0.4 is 4.74 Å². The molecule has 174 valence electrons. The number of benzene rings is 2. The van der Waals surface area contributed by atoms with Crippen LogP contribution >= 0.6 is 11.6 Å². The summed E-state index contributed by atoms with van der Waals surface area (Å²) in [6, 6.07) is 11.5. The molecule has 1 aliphatic rings. The standard InChI is InChI=1S/C21H22ClF3N2O4S/c22-17-3-7-19(8-4-17)32(29,30)14-9-20(28)27-12-10-26(11-13-27)15-16-1-5-18(6-2-16)31-21(23,24)25/h1-8H,9-15H2. The van der Waals surface area contributed by atoms with Gasteiger partial charge in [-0.05, 0) is 42.0 Å². The summed E-state index contributed by atoms with van der Waals surface area (Å²) in [5, 5.41) is 0.434. The molecule has 1 fully saturated rings. The van der Waals surface area contributed by atoms with Crippen molar-refractivity contribution in [1.29, 1.82) is 0 Å². The van der Waals surface area contributed by atoms with E-state index in [1.807, 2.05) is 0 Å². The highest BCUT2D eigenvalue weighted by atomic mass is 35.5. The number of alkyl halides is 3. The number of nitrogens with zero attached hydrogens (tertiary/aromatic N) is 2. The minimum Gasteiger partial charge on any atom is -0.406 e. The maximum atomic E-state index is 12.5. The quantitative estimate of drug-likeness (QED) is 0.591. The molecule has 0 aromatic heterocycles. The molecule has 11 heteroatoms. The van der Waals surface area contributed by atoms with Gasteiger partial charge in [0.1, 0.15) is 5.75 Å². The molecule has 1 aliphatic heterocycles. The molecule has 6 nitrogen and oxygen atoms in total. The summed E-state index contributed by atoms with van der Waals surface area (Å²) in [7, 11) is -3.57. The van der Waals surface area contributed by atoms with E-state index in [9.17, 15) is 26.4 Å². The first-order chi connectivity index (χ1) is 15.0. The highest BCUT2D eigenvalue weighted by Crippen LogP contribution is 2.23. The molecule has 2 aromatic rings. The van der Waals surface area contributed by atoms with Crippen molar-refractivity contribution in [2.75, 3.05) is 31.9 Å². The Balaban J connectivity index is 1.45. The third kappa shape index (κ3) is 7.11. The van der Waals surface area contributed by atoms with E-state index < -0.39 is 16.2 Å². The molecule has 0 radical (unpaired) electrons. The first-order valence-corrected chi connectivity index (χ1v) is 11.9. The predicted octanol–water partition coefficient (Wildman–Crippen LogP) is 3.75. The molecule has 1 heterocycles.